The number of aryl methyl sites for hydroxylation is 2. The van der Waals surface area contributed by atoms with E-state index >= 15 is 0 Å². The number of allylic oxidation sites excluding steroid dienone is 3. The molecular weight excluding hydrogens is 272 g/mol. The molecule has 0 saturated heterocycles. The number of nitrogens with one attached hydrogen (secondary N) is 2. The maximum Gasteiger partial charge on any atom is 0.0991 e. The second-order valence-corrected chi connectivity index (χ2v) is 5.42. The number of nitriles is 1. The van der Waals surface area contributed by atoms with E-state index in [0.717, 1.165) is 47.5 Å². The van der Waals surface area contributed by atoms with E-state index in [2.05, 4.69) is 35.1 Å². The first kappa shape index (κ1) is 17.9. The van der Waals surface area contributed by atoms with Crippen molar-refractivity contribution in [3.63, 3.8) is 0 Å². The zero-order valence-electron chi connectivity index (χ0n) is 14.1. The summed E-state index contributed by atoms with van der Waals surface area (Å²) in [6, 6.07) is 2.26. The molecule has 4 nitrogen and oxygen atoms in total. The summed E-state index contributed by atoms with van der Waals surface area (Å²) in [7, 11) is 0. The van der Waals surface area contributed by atoms with Gasteiger partial charge in [0, 0.05) is 12.2 Å². The van der Waals surface area contributed by atoms with Gasteiger partial charge in [0.15, 0.2) is 0 Å². The normalized spacial score (nSPS) is 12.8. The Balaban J connectivity index is 2.58. The van der Waals surface area contributed by atoms with E-state index in [1.54, 1.807) is 0 Å². The fourth-order valence-electron chi connectivity index (χ4n) is 2.20. The number of aromatic amines is 1. The standard InChI is InChI=1S/C18H26N4/c1-6-13(3)17(11-19)10-16(7-2)12-20-9-8-18-14(4)21-22-15(18)5/h7,10,20H,2,6,8-9,12H2,1,3-5H3,(H,21,22)/b16-10+,17-13-. The Kier molecular flexibility index (Phi) is 7.34. The summed E-state index contributed by atoms with van der Waals surface area (Å²) in [4.78, 5) is 0. The molecular formula is C18H26N4. The van der Waals surface area contributed by atoms with Crippen LogP contribution in [0, 0.1) is 25.2 Å². The minimum Gasteiger partial charge on any atom is -0.312 e. The van der Waals surface area contributed by atoms with Crippen molar-refractivity contribution < 1.29 is 0 Å². The van der Waals surface area contributed by atoms with Crippen molar-refractivity contribution in [1.82, 2.24) is 15.5 Å². The second-order valence-electron chi connectivity index (χ2n) is 5.42. The van der Waals surface area contributed by atoms with Crippen LogP contribution in [0.25, 0.3) is 0 Å². The highest BCUT2D eigenvalue weighted by Crippen LogP contribution is 2.12. The minimum absolute atomic E-state index is 0.710. The molecule has 1 heterocycles. The quantitative estimate of drug-likeness (QED) is 0.438. The summed E-state index contributed by atoms with van der Waals surface area (Å²) < 4.78 is 0. The molecule has 118 valence electrons. The molecule has 0 aliphatic carbocycles. The van der Waals surface area contributed by atoms with Gasteiger partial charge in [0.25, 0.3) is 0 Å². The van der Waals surface area contributed by atoms with Crippen molar-refractivity contribution >= 4 is 0 Å². The summed E-state index contributed by atoms with van der Waals surface area (Å²) in [6.45, 7) is 13.5. The average Bonchev–Trinajstić information content (AvgIpc) is 2.85. The Labute approximate surface area is 133 Å². The topological polar surface area (TPSA) is 64.5 Å². The molecule has 0 atom stereocenters. The third kappa shape index (κ3) is 5.01. The van der Waals surface area contributed by atoms with Gasteiger partial charge in [-0.15, -0.1) is 0 Å². The number of nitrogens with zero attached hydrogens (tertiary/aromatic N) is 2. The van der Waals surface area contributed by atoms with Crippen molar-refractivity contribution in [2.75, 3.05) is 13.1 Å². The van der Waals surface area contributed by atoms with Crippen molar-refractivity contribution in [2.45, 2.75) is 40.5 Å². The molecule has 1 rings (SSSR count). The van der Waals surface area contributed by atoms with Gasteiger partial charge >= 0.3 is 0 Å². The van der Waals surface area contributed by atoms with Gasteiger partial charge in [0.2, 0.25) is 0 Å². The lowest BCUT2D eigenvalue weighted by Crippen LogP contribution is -2.20. The molecule has 0 aromatic carbocycles. The third-order valence-corrected chi connectivity index (χ3v) is 3.86. The van der Waals surface area contributed by atoms with Gasteiger partial charge in [0.05, 0.1) is 17.3 Å². The van der Waals surface area contributed by atoms with E-state index < -0.39 is 0 Å². The van der Waals surface area contributed by atoms with E-state index in [-0.39, 0.29) is 0 Å². The fourth-order valence-corrected chi connectivity index (χ4v) is 2.20. The maximum atomic E-state index is 9.21. The molecule has 0 aliphatic heterocycles. The Morgan fingerprint density at radius 3 is 2.68 bits per heavy atom. The lowest BCUT2D eigenvalue weighted by molar-refractivity contribution is 0.730. The second kappa shape index (κ2) is 9.01. The van der Waals surface area contributed by atoms with E-state index in [4.69, 9.17) is 0 Å². The monoisotopic (exact) mass is 298 g/mol. The summed E-state index contributed by atoms with van der Waals surface area (Å²) in [5.74, 6) is 0. The third-order valence-electron chi connectivity index (χ3n) is 3.86. The number of rotatable bonds is 8. The molecule has 0 aliphatic rings. The van der Waals surface area contributed by atoms with Crippen LogP contribution in [0.5, 0.6) is 0 Å². The molecule has 4 heteroatoms. The van der Waals surface area contributed by atoms with Crippen LogP contribution < -0.4 is 5.32 Å². The van der Waals surface area contributed by atoms with Gasteiger partial charge in [-0.2, -0.15) is 10.4 Å². The highest BCUT2D eigenvalue weighted by molar-refractivity contribution is 5.42. The molecule has 0 spiro atoms. The fraction of sp³-hybridized carbons (Fsp3) is 0.444. The van der Waals surface area contributed by atoms with Crippen molar-refractivity contribution in [1.29, 1.82) is 5.26 Å². The highest BCUT2D eigenvalue weighted by Gasteiger charge is 2.05. The molecule has 0 saturated carbocycles. The molecule has 22 heavy (non-hydrogen) atoms. The Bertz CT molecular complexity index is 592. The molecule has 2 N–H and O–H groups in total. The summed E-state index contributed by atoms with van der Waals surface area (Å²) in [6.07, 6.45) is 5.55. The van der Waals surface area contributed by atoms with Crippen molar-refractivity contribution in [3.05, 3.63) is 52.4 Å². The lowest BCUT2D eigenvalue weighted by atomic mass is 10.1. The Hall–Kier alpha value is -2.12. The molecule has 0 unspecified atom stereocenters. The van der Waals surface area contributed by atoms with Gasteiger partial charge < -0.3 is 5.32 Å². The molecule has 0 radical (unpaired) electrons. The zero-order valence-corrected chi connectivity index (χ0v) is 14.1. The van der Waals surface area contributed by atoms with E-state index in [0.29, 0.717) is 6.54 Å². The van der Waals surface area contributed by atoms with Crippen LogP contribution in [0.4, 0.5) is 0 Å². The van der Waals surface area contributed by atoms with E-state index in [1.807, 2.05) is 32.9 Å². The largest absolute Gasteiger partial charge is 0.312 e. The first-order valence-electron chi connectivity index (χ1n) is 7.67. The first-order valence-corrected chi connectivity index (χ1v) is 7.67. The van der Waals surface area contributed by atoms with E-state index in [1.165, 1.54) is 5.56 Å². The molecule has 1 aromatic heterocycles. The molecule has 0 fully saturated rings. The predicted octanol–water partition coefficient (Wildman–Crippen LogP) is 3.52. The Morgan fingerprint density at radius 1 is 1.45 bits per heavy atom. The van der Waals surface area contributed by atoms with E-state index in [9.17, 15) is 5.26 Å². The smallest absolute Gasteiger partial charge is 0.0991 e. The predicted molar refractivity (Wildman–Crippen MR) is 91.5 cm³/mol. The van der Waals surface area contributed by atoms with Crippen LogP contribution in [0.3, 0.4) is 0 Å². The molecule has 0 amide bonds. The summed E-state index contributed by atoms with van der Waals surface area (Å²) in [5.41, 5.74) is 6.34. The number of aromatic nitrogens is 2. The first-order chi connectivity index (χ1) is 10.5. The van der Waals surface area contributed by atoms with Crippen LogP contribution >= 0.6 is 0 Å². The number of hydrogen-bond acceptors (Lipinski definition) is 3. The maximum absolute atomic E-state index is 9.21. The van der Waals surface area contributed by atoms with Crippen LogP contribution in [0.15, 0.2) is 35.5 Å². The van der Waals surface area contributed by atoms with Crippen LogP contribution in [0.2, 0.25) is 0 Å². The highest BCUT2D eigenvalue weighted by atomic mass is 15.1. The van der Waals surface area contributed by atoms with Crippen molar-refractivity contribution in [2.24, 2.45) is 0 Å². The van der Waals surface area contributed by atoms with Crippen LogP contribution in [0.1, 0.15) is 37.2 Å². The van der Waals surface area contributed by atoms with Gasteiger partial charge in [-0.1, -0.05) is 25.2 Å². The molecule has 0 bridgehead atoms. The van der Waals surface area contributed by atoms with Gasteiger partial charge in [0.1, 0.15) is 0 Å². The summed E-state index contributed by atoms with van der Waals surface area (Å²) >= 11 is 0. The number of hydrogen-bond donors (Lipinski definition) is 2. The van der Waals surface area contributed by atoms with Crippen molar-refractivity contribution in [3.8, 4) is 6.07 Å². The zero-order chi connectivity index (χ0) is 16.5. The van der Waals surface area contributed by atoms with Crippen LogP contribution in [-0.2, 0) is 6.42 Å². The van der Waals surface area contributed by atoms with Crippen LogP contribution in [-0.4, -0.2) is 23.3 Å². The lowest BCUT2D eigenvalue weighted by Gasteiger charge is -2.07. The average molecular weight is 298 g/mol. The molecule has 1 aromatic rings. The SMILES string of the molecule is C=C/C(=C\C(C#N)=C(/C)CC)CNCCc1c(C)n[nH]c1C. The van der Waals surface area contributed by atoms with Gasteiger partial charge in [-0.3, -0.25) is 5.10 Å². The minimum atomic E-state index is 0.710. The van der Waals surface area contributed by atoms with Gasteiger partial charge in [-0.25, -0.2) is 0 Å². The van der Waals surface area contributed by atoms with Gasteiger partial charge in [-0.05, 0) is 57.4 Å². The number of H-pyrrole nitrogens is 1. The Morgan fingerprint density at radius 2 is 2.18 bits per heavy atom. The summed E-state index contributed by atoms with van der Waals surface area (Å²) in [5, 5.41) is 19.8.